The van der Waals surface area contributed by atoms with Crippen LogP contribution in [0.15, 0.2) is 45.3 Å². The molecule has 0 atom stereocenters. The average molecular weight is 326 g/mol. The summed E-state index contributed by atoms with van der Waals surface area (Å²) in [6.07, 6.45) is 0. The van der Waals surface area contributed by atoms with Crippen molar-refractivity contribution in [1.29, 1.82) is 0 Å². The number of benzene rings is 1. The van der Waals surface area contributed by atoms with Gasteiger partial charge in [-0.15, -0.1) is 0 Å². The molecule has 0 fully saturated rings. The van der Waals surface area contributed by atoms with Gasteiger partial charge in [0.15, 0.2) is 11.6 Å². The summed E-state index contributed by atoms with van der Waals surface area (Å²) < 4.78 is 16.2. The molecule has 3 rings (SSSR count). The number of ether oxygens (including phenoxy) is 1. The van der Waals surface area contributed by atoms with Gasteiger partial charge >= 0.3 is 0 Å². The van der Waals surface area contributed by atoms with Crippen molar-refractivity contribution in [2.45, 2.75) is 27.4 Å². The summed E-state index contributed by atoms with van der Waals surface area (Å²) in [6.45, 7) is 5.98. The van der Waals surface area contributed by atoms with Gasteiger partial charge < -0.3 is 19.0 Å². The van der Waals surface area contributed by atoms with E-state index in [-0.39, 0.29) is 18.3 Å². The first-order valence-corrected chi connectivity index (χ1v) is 7.55. The van der Waals surface area contributed by atoms with E-state index < -0.39 is 0 Å². The molecule has 6 nitrogen and oxygen atoms in total. The van der Waals surface area contributed by atoms with Gasteiger partial charge in [-0.2, -0.15) is 0 Å². The molecule has 0 radical (unpaired) electrons. The van der Waals surface area contributed by atoms with E-state index in [1.807, 2.05) is 32.0 Å². The minimum atomic E-state index is -0.387. The Morgan fingerprint density at radius 1 is 1.17 bits per heavy atom. The molecule has 0 saturated carbocycles. The lowest BCUT2D eigenvalue weighted by atomic mass is 10.1. The maximum Gasteiger partial charge on any atom is 0.292 e. The Bertz CT molecular complexity index is 843. The van der Waals surface area contributed by atoms with Crippen LogP contribution in [0.1, 0.15) is 33.2 Å². The van der Waals surface area contributed by atoms with Crippen LogP contribution in [-0.4, -0.2) is 11.1 Å². The molecule has 0 aliphatic heterocycles. The molecule has 2 heterocycles. The number of nitrogens with one attached hydrogen (secondary N) is 1. The zero-order chi connectivity index (χ0) is 17.1. The van der Waals surface area contributed by atoms with E-state index in [4.69, 9.17) is 13.7 Å². The summed E-state index contributed by atoms with van der Waals surface area (Å²) in [7, 11) is 0. The highest BCUT2D eigenvalue weighted by Gasteiger charge is 2.14. The minimum absolute atomic E-state index is 0.191. The fourth-order valence-electron chi connectivity index (χ4n) is 2.35. The molecule has 0 bridgehead atoms. The fraction of sp³-hybridized carbons (Fsp3) is 0.222. The number of nitrogens with zero attached hydrogens (tertiary/aromatic N) is 1. The van der Waals surface area contributed by atoms with E-state index >= 15 is 0 Å². The molecule has 1 amide bonds. The molecule has 6 heteroatoms. The van der Waals surface area contributed by atoms with E-state index in [1.165, 1.54) is 0 Å². The molecule has 1 aromatic carbocycles. The number of furan rings is 1. The van der Waals surface area contributed by atoms with Gasteiger partial charge in [-0.1, -0.05) is 23.4 Å². The average Bonchev–Trinajstić information content (AvgIpc) is 3.16. The highest BCUT2D eigenvalue weighted by atomic mass is 16.5. The van der Waals surface area contributed by atoms with Crippen molar-refractivity contribution >= 4 is 11.7 Å². The van der Waals surface area contributed by atoms with Gasteiger partial charge in [0.2, 0.25) is 0 Å². The van der Waals surface area contributed by atoms with Crippen LogP contribution in [0.4, 0.5) is 5.82 Å². The Morgan fingerprint density at radius 3 is 2.58 bits per heavy atom. The Hall–Kier alpha value is -3.02. The molecule has 24 heavy (non-hydrogen) atoms. The SMILES string of the molecule is Cc1cc(NC(=O)c2ccc(COc3c(C)cccc3C)o2)no1. The molecular weight excluding hydrogens is 308 g/mol. The lowest BCUT2D eigenvalue weighted by molar-refractivity contribution is 0.0991. The van der Waals surface area contributed by atoms with E-state index in [0.717, 1.165) is 16.9 Å². The van der Waals surface area contributed by atoms with Gasteiger partial charge in [-0.3, -0.25) is 4.79 Å². The van der Waals surface area contributed by atoms with Crippen molar-refractivity contribution in [3.8, 4) is 5.75 Å². The number of aryl methyl sites for hydroxylation is 3. The van der Waals surface area contributed by atoms with Crippen LogP contribution in [0.25, 0.3) is 0 Å². The van der Waals surface area contributed by atoms with E-state index in [0.29, 0.717) is 17.3 Å². The van der Waals surface area contributed by atoms with E-state index in [1.54, 1.807) is 25.1 Å². The Balaban J connectivity index is 1.64. The second-order valence-corrected chi connectivity index (χ2v) is 5.55. The van der Waals surface area contributed by atoms with Crippen molar-refractivity contribution in [3.05, 3.63) is 64.8 Å². The summed E-state index contributed by atoms with van der Waals surface area (Å²) in [4.78, 5) is 12.1. The monoisotopic (exact) mass is 326 g/mol. The highest BCUT2D eigenvalue weighted by Crippen LogP contribution is 2.24. The summed E-state index contributed by atoms with van der Waals surface area (Å²) in [5, 5.41) is 6.32. The predicted molar refractivity (Wildman–Crippen MR) is 88.1 cm³/mol. The first-order valence-electron chi connectivity index (χ1n) is 7.55. The van der Waals surface area contributed by atoms with Crippen LogP contribution in [0.5, 0.6) is 5.75 Å². The number of para-hydroxylation sites is 1. The van der Waals surface area contributed by atoms with Gasteiger partial charge in [0.25, 0.3) is 5.91 Å². The maximum absolute atomic E-state index is 12.1. The number of carbonyl (C=O) groups excluding carboxylic acids is 1. The molecule has 0 unspecified atom stereocenters. The zero-order valence-corrected chi connectivity index (χ0v) is 13.8. The van der Waals surface area contributed by atoms with Crippen molar-refractivity contribution < 1.29 is 18.5 Å². The van der Waals surface area contributed by atoms with Crippen molar-refractivity contribution in [2.24, 2.45) is 0 Å². The van der Waals surface area contributed by atoms with Crippen LogP contribution < -0.4 is 10.1 Å². The lowest BCUT2D eigenvalue weighted by Gasteiger charge is -2.10. The van der Waals surface area contributed by atoms with Crippen molar-refractivity contribution in [1.82, 2.24) is 5.16 Å². The molecule has 124 valence electrons. The van der Waals surface area contributed by atoms with Gasteiger partial charge in [0.05, 0.1) is 0 Å². The molecule has 3 aromatic rings. The number of hydrogen-bond acceptors (Lipinski definition) is 5. The Labute approximate surface area is 139 Å². The normalized spacial score (nSPS) is 10.6. The molecule has 2 aromatic heterocycles. The zero-order valence-electron chi connectivity index (χ0n) is 13.8. The van der Waals surface area contributed by atoms with E-state index in [2.05, 4.69) is 10.5 Å². The van der Waals surface area contributed by atoms with Gasteiger partial charge in [-0.25, -0.2) is 0 Å². The van der Waals surface area contributed by atoms with Gasteiger partial charge in [-0.05, 0) is 44.0 Å². The second-order valence-electron chi connectivity index (χ2n) is 5.55. The summed E-state index contributed by atoms with van der Waals surface area (Å²) in [5.41, 5.74) is 2.11. The van der Waals surface area contributed by atoms with Crippen LogP contribution in [0.2, 0.25) is 0 Å². The number of carbonyl (C=O) groups is 1. The quantitative estimate of drug-likeness (QED) is 0.766. The number of hydrogen-bond donors (Lipinski definition) is 1. The smallest absolute Gasteiger partial charge is 0.292 e. The summed E-state index contributed by atoms with van der Waals surface area (Å²) in [6, 6.07) is 10.9. The first-order chi connectivity index (χ1) is 11.5. The molecular formula is C18H18N2O4. The lowest BCUT2D eigenvalue weighted by Crippen LogP contribution is -2.11. The number of amides is 1. The number of rotatable bonds is 5. The fourth-order valence-corrected chi connectivity index (χ4v) is 2.35. The minimum Gasteiger partial charge on any atom is -0.485 e. The Kier molecular flexibility index (Phi) is 4.37. The number of aromatic nitrogens is 1. The van der Waals surface area contributed by atoms with Crippen molar-refractivity contribution in [2.75, 3.05) is 5.32 Å². The molecule has 1 N–H and O–H groups in total. The summed E-state index contributed by atoms with van der Waals surface area (Å²) >= 11 is 0. The topological polar surface area (TPSA) is 77.5 Å². The molecule has 0 aliphatic carbocycles. The third-order valence-corrected chi connectivity index (χ3v) is 3.52. The molecule has 0 aliphatic rings. The first kappa shape index (κ1) is 15.9. The van der Waals surface area contributed by atoms with Crippen LogP contribution in [-0.2, 0) is 6.61 Å². The highest BCUT2D eigenvalue weighted by molar-refractivity contribution is 6.01. The van der Waals surface area contributed by atoms with Gasteiger partial charge in [0, 0.05) is 6.07 Å². The molecule has 0 spiro atoms. The Morgan fingerprint density at radius 2 is 1.92 bits per heavy atom. The summed E-state index contributed by atoms with van der Waals surface area (Å²) in [5.74, 6) is 2.17. The maximum atomic E-state index is 12.1. The van der Waals surface area contributed by atoms with Crippen LogP contribution in [0, 0.1) is 20.8 Å². The standard InChI is InChI=1S/C18H18N2O4/c1-11-5-4-6-12(2)17(11)22-10-14-7-8-15(23-14)18(21)19-16-9-13(3)24-20-16/h4-9H,10H2,1-3H3,(H,19,20,21). The number of anilines is 1. The largest absolute Gasteiger partial charge is 0.485 e. The predicted octanol–water partition coefficient (Wildman–Crippen LogP) is 4.02. The van der Waals surface area contributed by atoms with Crippen molar-refractivity contribution in [3.63, 3.8) is 0 Å². The van der Waals surface area contributed by atoms with Crippen LogP contribution in [0.3, 0.4) is 0 Å². The second kappa shape index (κ2) is 6.62. The van der Waals surface area contributed by atoms with Crippen LogP contribution >= 0.6 is 0 Å². The van der Waals surface area contributed by atoms with E-state index in [9.17, 15) is 4.79 Å². The van der Waals surface area contributed by atoms with Gasteiger partial charge in [0.1, 0.15) is 23.9 Å². The third kappa shape index (κ3) is 3.48. The third-order valence-electron chi connectivity index (χ3n) is 3.52. The molecule has 0 saturated heterocycles.